The molecule has 1 unspecified atom stereocenters. The van der Waals surface area contributed by atoms with Gasteiger partial charge in [-0.05, 0) is 30.4 Å². The molecule has 1 atom stereocenters. The predicted molar refractivity (Wildman–Crippen MR) is 83.4 cm³/mol. The Hall–Kier alpha value is -1.43. The summed E-state index contributed by atoms with van der Waals surface area (Å²) in [5, 5.41) is 15.4. The van der Waals surface area contributed by atoms with Gasteiger partial charge in [0.1, 0.15) is 0 Å². The first-order valence-electron chi connectivity index (χ1n) is 8.01. The van der Waals surface area contributed by atoms with Gasteiger partial charge >= 0.3 is 0 Å². The van der Waals surface area contributed by atoms with Crippen LogP contribution in [-0.4, -0.2) is 43.4 Å². The number of ether oxygens (including phenoxy) is 1. The topological polar surface area (TPSA) is 70.6 Å². The van der Waals surface area contributed by atoms with Gasteiger partial charge in [0.05, 0.1) is 6.04 Å². The van der Waals surface area contributed by atoms with Gasteiger partial charge in [-0.15, -0.1) is 0 Å². The van der Waals surface area contributed by atoms with Crippen molar-refractivity contribution >= 4 is 5.91 Å². The van der Waals surface area contributed by atoms with Gasteiger partial charge in [0.25, 0.3) is 0 Å². The molecule has 3 N–H and O–H groups in total. The molecular formula is C17H24N2O3. The highest BCUT2D eigenvalue weighted by molar-refractivity contribution is 5.85. The lowest BCUT2D eigenvalue weighted by Gasteiger charge is -2.36. The number of carbonyl (C=O) groups is 1. The van der Waals surface area contributed by atoms with Crippen LogP contribution in [0.1, 0.15) is 24.0 Å². The average molecular weight is 304 g/mol. The van der Waals surface area contributed by atoms with E-state index in [4.69, 9.17) is 9.84 Å². The summed E-state index contributed by atoms with van der Waals surface area (Å²) in [5.41, 5.74) is 2.29. The van der Waals surface area contributed by atoms with E-state index in [0.717, 1.165) is 43.7 Å². The quantitative estimate of drug-likeness (QED) is 0.745. The number of amides is 1. The van der Waals surface area contributed by atoms with E-state index in [0.29, 0.717) is 13.0 Å². The molecule has 0 bridgehead atoms. The first-order valence-corrected chi connectivity index (χ1v) is 8.01. The largest absolute Gasteiger partial charge is 0.396 e. The third-order valence-corrected chi connectivity index (χ3v) is 4.91. The minimum Gasteiger partial charge on any atom is -0.396 e. The zero-order chi connectivity index (χ0) is 15.4. The molecule has 2 saturated heterocycles. The molecule has 5 heteroatoms. The van der Waals surface area contributed by atoms with E-state index < -0.39 is 0 Å². The Balaban J connectivity index is 1.62. The molecule has 1 aromatic carbocycles. The number of hydrogen-bond donors (Lipinski definition) is 3. The van der Waals surface area contributed by atoms with Crippen LogP contribution < -0.4 is 10.6 Å². The van der Waals surface area contributed by atoms with Crippen LogP contribution in [0.3, 0.4) is 0 Å². The maximum absolute atomic E-state index is 12.2. The van der Waals surface area contributed by atoms with E-state index in [-0.39, 0.29) is 24.0 Å². The van der Waals surface area contributed by atoms with Crippen molar-refractivity contribution in [1.82, 2.24) is 10.6 Å². The summed E-state index contributed by atoms with van der Waals surface area (Å²) in [7, 11) is 0. The third kappa shape index (κ3) is 3.16. The lowest BCUT2D eigenvalue weighted by molar-refractivity contribution is -0.122. The zero-order valence-electron chi connectivity index (χ0n) is 12.8. The van der Waals surface area contributed by atoms with Gasteiger partial charge in [-0.2, -0.15) is 0 Å². The maximum Gasteiger partial charge on any atom is 0.237 e. The Bertz CT molecular complexity index is 509. The van der Waals surface area contributed by atoms with Gasteiger partial charge < -0.3 is 20.5 Å². The first kappa shape index (κ1) is 15.5. The van der Waals surface area contributed by atoms with Gasteiger partial charge in [0.2, 0.25) is 5.91 Å². The fourth-order valence-electron chi connectivity index (χ4n) is 3.47. The molecule has 0 aliphatic carbocycles. The van der Waals surface area contributed by atoms with Crippen LogP contribution in [0.2, 0.25) is 0 Å². The van der Waals surface area contributed by atoms with E-state index in [2.05, 4.69) is 22.8 Å². The number of hydrogen-bond acceptors (Lipinski definition) is 4. The van der Waals surface area contributed by atoms with Crippen molar-refractivity contribution in [2.24, 2.45) is 5.41 Å². The minimum atomic E-state index is -0.131. The van der Waals surface area contributed by atoms with Gasteiger partial charge in [-0.3, -0.25) is 4.79 Å². The van der Waals surface area contributed by atoms with Crippen LogP contribution in [0.25, 0.3) is 0 Å². The highest BCUT2D eigenvalue weighted by Crippen LogP contribution is 2.37. The highest BCUT2D eigenvalue weighted by Gasteiger charge is 2.48. The summed E-state index contributed by atoms with van der Waals surface area (Å²) in [6.45, 7) is 3.08. The minimum absolute atomic E-state index is 0.00611. The number of benzene rings is 1. The van der Waals surface area contributed by atoms with Crippen molar-refractivity contribution in [1.29, 1.82) is 0 Å². The number of aliphatic hydroxyl groups excluding tert-OH is 1. The van der Waals surface area contributed by atoms with Crippen LogP contribution in [0.5, 0.6) is 0 Å². The third-order valence-electron chi connectivity index (χ3n) is 4.91. The predicted octanol–water partition coefficient (Wildman–Crippen LogP) is 0.606. The van der Waals surface area contributed by atoms with Crippen LogP contribution in [0, 0.1) is 5.41 Å². The van der Waals surface area contributed by atoms with Crippen LogP contribution in [0.15, 0.2) is 24.3 Å². The SMILES string of the molecule is O=C1NCC2(CCOCC2)C1NCc1ccc(CCO)cc1. The van der Waals surface area contributed by atoms with Crippen LogP contribution in [0.4, 0.5) is 0 Å². The van der Waals surface area contributed by atoms with Gasteiger partial charge in [-0.1, -0.05) is 24.3 Å². The number of carbonyl (C=O) groups excluding carboxylic acids is 1. The highest BCUT2D eigenvalue weighted by atomic mass is 16.5. The smallest absolute Gasteiger partial charge is 0.237 e. The summed E-state index contributed by atoms with van der Waals surface area (Å²) in [4.78, 5) is 12.2. The fourth-order valence-corrected chi connectivity index (χ4v) is 3.47. The molecule has 1 spiro atoms. The Kier molecular flexibility index (Phi) is 4.76. The summed E-state index contributed by atoms with van der Waals surface area (Å²) >= 11 is 0. The van der Waals surface area contributed by atoms with E-state index in [9.17, 15) is 4.79 Å². The van der Waals surface area contributed by atoms with E-state index in [1.165, 1.54) is 0 Å². The second-order valence-electron chi connectivity index (χ2n) is 6.30. The summed E-state index contributed by atoms with van der Waals surface area (Å²) in [5.74, 6) is 0.110. The molecule has 0 aromatic heterocycles. The van der Waals surface area contributed by atoms with E-state index >= 15 is 0 Å². The summed E-state index contributed by atoms with van der Waals surface area (Å²) in [6, 6.07) is 8.05. The Morgan fingerprint density at radius 3 is 2.59 bits per heavy atom. The average Bonchev–Trinajstić information content (AvgIpc) is 2.84. The lowest BCUT2D eigenvalue weighted by atomic mass is 9.76. The lowest BCUT2D eigenvalue weighted by Crippen LogP contribution is -2.49. The molecule has 2 heterocycles. The molecule has 22 heavy (non-hydrogen) atoms. The van der Waals surface area contributed by atoms with Gasteiger partial charge in [0, 0.05) is 38.3 Å². The molecule has 0 radical (unpaired) electrons. The Labute approximate surface area is 131 Å². The van der Waals surface area contributed by atoms with Crippen molar-refractivity contribution in [2.75, 3.05) is 26.4 Å². The van der Waals surface area contributed by atoms with Crippen molar-refractivity contribution < 1.29 is 14.6 Å². The van der Waals surface area contributed by atoms with Gasteiger partial charge in [-0.25, -0.2) is 0 Å². The number of rotatable bonds is 5. The normalized spacial score (nSPS) is 23.7. The van der Waals surface area contributed by atoms with Crippen LogP contribution in [-0.2, 0) is 22.5 Å². The molecule has 2 fully saturated rings. The molecule has 120 valence electrons. The monoisotopic (exact) mass is 304 g/mol. The molecule has 2 aliphatic heterocycles. The van der Waals surface area contributed by atoms with Crippen molar-refractivity contribution in [3.05, 3.63) is 35.4 Å². The summed E-state index contributed by atoms with van der Waals surface area (Å²) < 4.78 is 5.45. The van der Waals surface area contributed by atoms with E-state index in [1.807, 2.05) is 12.1 Å². The van der Waals surface area contributed by atoms with Crippen molar-refractivity contribution in [2.45, 2.75) is 31.8 Å². The zero-order valence-corrected chi connectivity index (χ0v) is 12.8. The number of nitrogens with one attached hydrogen (secondary N) is 2. The molecule has 1 aromatic rings. The van der Waals surface area contributed by atoms with Gasteiger partial charge in [0.15, 0.2) is 0 Å². The molecule has 5 nitrogen and oxygen atoms in total. The molecule has 1 amide bonds. The van der Waals surface area contributed by atoms with Crippen LogP contribution >= 0.6 is 0 Å². The van der Waals surface area contributed by atoms with E-state index in [1.54, 1.807) is 0 Å². The van der Waals surface area contributed by atoms with Crippen molar-refractivity contribution in [3.63, 3.8) is 0 Å². The van der Waals surface area contributed by atoms with Crippen molar-refractivity contribution in [3.8, 4) is 0 Å². The first-order chi connectivity index (χ1) is 10.7. The summed E-state index contributed by atoms with van der Waals surface area (Å²) in [6.07, 6.45) is 2.54. The second kappa shape index (κ2) is 6.77. The Morgan fingerprint density at radius 1 is 1.23 bits per heavy atom. The molecule has 0 saturated carbocycles. The molecular weight excluding hydrogens is 280 g/mol. The number of aliphatic hydroxyl groups is 1. The molecule has 2 aliphatic rings. The fraction of sp³-hybridized carbons (Fsp3) is 0.588. The second-order valence-corrected chi connectivity index (χ2v) is 6.30. The Morgan fingerprint density at radius 2 is 1.91 bits per heavy atom. The maximum atomic E-state index is 12.2. The standard InChI is InChI=1S/C17H24N2O3/c20-8-5-13-1-3-14(4-2-13)11-18-15-16(21)19-12-17(15)6-9-22-10-7-17/h1-4,15,18,20H,5-12H2,(H,19,21). The molecule has 3 rings (SSSR count).